The summed E-state index contributed by atoms with van der Waals surface area (Å²) in [5, 5.41) is 9.74. The van der Waals surface area contributed by atoms with Gasteiger partial charge in [-0.15, -0.1) is 11.3 Å². The number of thiophene rings is 1. The van der Waals surface area contributed by atoms with Gasteiger partial charge in [0.15, 0.2) is 0 Å². The minimum Gasteiger partial charge on any atom is -0.355 e. The molecule has 0 unspecified atom stereocenters. The number of likely N-dealkylation sites (N-methyl/N-ethyl adjacent to an activating group) is 1. The minimum absolute atomic E-state index is 0.0890. The van der Waals surface area contributed by atoms with Gasteiger partial charge in [-0.2, -0.15) is 0 Å². The van der Waals surface area contributed by atoms with Crippen molar-refractivity contribution in [2.75, 3.05) is 13.1 Å². The molecule has 7 nitrogen and oxygen atoms in total. The molecule has 3 aromatic rings. The summed E-state index contributed by atoms with van der Waals surface area (Å²) in [6, 6.07) is 5.66. The monoisotopic (exact) mass is 358 g/mol. The fourth-order valence-electron chi connectivity index (χ4n) is 2.49. The Balaban J connectivity index is 1.98. The first-order chi connectivity index (χ1) is 12.0. The molecular weight excluding hydrogens is 340 g/mol. The van der Waals surface area contributed by atoms with Crippen molar-refractivity contribution in [2.24, 2.45) is 0 Å². The summed E-state index contributed by atoms with van der Waals surface area (Å²) in [6.45, 7) is 6.01. The molecular formula is C17H18N4O3S. The van der Waals surface area contributed by atoms with Gasteiger partial charge in [-0.3, -0.25) is 9.59 Å². The SMILES string of the molecule is CCNC(=O)CNC(=O)c1cc(-c2ccc(C)s2)nc2onc(C)c12. The molecule has 0 spiro atoms. The van der Waals surface area contributed by atoms with Crippen LogP contribution in [-0.4, -0.2) is 35.0 Å². The lowest BCUT2D eigenvalue weighted by Crippen LogP contribution is -2.36. The lowest BCUT2D eigenvalue weighted by molar-refractivity contribution is -0.120. The van der Waals surface area contributed by atoms with Crippen LogP contribution in [-0.2, 0) is 4.79 Å². The third-order valence-corrected chi connectivity index (χ3v) is 4.66. The number of nitrogens with zero attached hydrogens (tertiary/aromatic N) is 2. The summed E-state index contributed by atoms with van der Waals surface area (Å²) in [5.41, 5.74) is 1.93. The maximum atomic E-state index is 12.6. The number of rotatable bonds is 5. The number of pyridine rings is 1. The van der Waals surface area contributed by atoms with Crippen molar-refractivity contribution in [2.45, 2.75) is 20.8 Å². The summed E-state index contributed by atoms with van der Waals surface area (Å²) in [7, 11) is 0. The van der Waals surface area contributed by atoms with Crippen LogP contribution < -0.4 is 10.6 Å². The highest BCUT2D eigenvalue weighted by Gasteiger charge is 2.20. The molecule has 2 amide bonds. The highest BCUT2D eigenvalue weighted by atomic mass is 32.1. The van der Waals surface area contributed by atoms with E-state index in [1.807, 2.05) is 26.0 Å². The Bertz CT molecular complexity index is 945. The molecule has 0 atom stereocenters. The molecule has 8 heteroatoms. The first kappa shape index (κ1) is 17.1. The standard InChI is InChI=1S/C17H18N4O3S/c1-4-18-14(22)8-19-16(23)11-7-12(13-6-5-9(2)25-13)20-17-15(11)10(3)21-24-17/h5-7H,4,8H2,1-3H3,(H,18,22)(H,19,23). The molecule has 25 heavy (non-hydrogen) atoms. The highest BCUT2D eigenvalue weighted by molar-refractivity contribution is 7.15. The summed E-state index contributed by atoms with van der Waals surface area (Å²) in [4.78, 5) is 30.8. The van der Waals surface area contributed by atoms with Gasteiger partial charge in [0, 0.05) is 11.4 Å². The van der Waals surface area contributed by atoms with Crippen LogP contribution in [0.15, 0.2) is 22.7 Å². The number of aryl methyl sites for hydroxylation is 2. The van der Waals surface area contributed by atoms with Gasteiger partial charge in [0.25, 0.3) is 11.6 Å². The minimum atomic E-state index is -0.362. The number of nitrogens with one attached hydrogen (secondary N) is 2. The van der Waals surface area contributed by atoms with Gasteiger partial charge in [-0.25, -0.2) is 4.98 Å². The Hall–Kier alpha value is -2.74. The van der Waals surface area contributed by atoms with Gasteiger partial charge in [-0.05, 0) is 39.0 Å². The number of carbonyl (C=O) groups is 2. The molecule has 0 radical (unpaired) electrons. The normalized spacial score (nSPS) is 10.8. The van der Waals surface area contributed by atoms with Crippen molar-refractivity contribution in [3.63, 3.8) is 0 Å². The third-order valence-electron chi connectivity index (χ3n) is 3.64. The van der Waals surface area contributed by atoms with Crippen molar-refractivity contribution >= 4 is 34.3 Å². The molecule has 2 N–H and O–H groups in total. The first-order valence-corrected chi connectivity index (χ1v) is 8.70. The summed E-state index contributed by atoms with van der Waals surface area (Å²) < 4.78 is 5.26. The summed E-state index contributed by atoms with van der Waals surface area (Å²) in [5.74, 6) is -0.600. The fourth-order valence-corrected chi connectivity index (χ4v) is 3.32. The van der Waals surface area contributed by atoms with Crippen LogP contribution in [0.5, 0.6) is 0 Å². The maximum Gasteiger partial charge on any atom is 0.259 e. The molecule has 0 bridgehead atoms. The Kier molecular flexibility index (Phi) is 4.80. The molecule has 0 saturated heterocycles. The van der Waals surface area contributed by atoms with E-state index in [0.29, 0.717) is 34.6 Å². The lowest BCUT2D eigenvalue weighted by atomic mass is 10.1. The second kappa shape index (κ2) is 7.02. The Morgan fingerprint density at radius 2 is 2.04 bits per heavy atom. The van der Waals surface area contributed by atoms with E-state index in [9.17, 15) is 9.59 Å². The summed E-state index contributed by atoms with van der Waals surface area (Å²) >= 11 is 1.58. The van der Waals surface area contributed by atoms with E-state index in [2.05, 4.69) is 20.8 Å². The number of hydrogen-bond donors (Lipinski definition) is 2. The maximum absolute atomic E-state index is 12.6. The van der Waals surface area contributed by atoms with Gasteiger partial charge in [-0.1, -0.05) is 5.16 Å². The molecule has 3 rings (SSSR count). The van der Waals surface area contributed by atoms with Gasteiger partial charge in [0.05, 0.1) is 33.8 Å². The second-order valence-electron chi connectivity index (χ2n) is 5.55. The third kappa shape index (κ3) is 3.53. The van der Waals surface area contributed by atoms with E-state index in [1.165, 1.54) is 0 Å². The largest absolute Gasteiger partial charge is 0.355 e. The molecule has 0 aliphatic heterocycles. The van der Waals surface area contributed by atoms with E-state index < -0.39 is 0 Å². The van der Waals surface area contributed by atoms with E-state index >= 15 is 0 Å². The van der Waals surface area contributed by atoms with Gasteiger partial charge >= 0.3 is 0 Å². The predicted molar refractivity (Wildman–Crippen MR) is 95.6 cm³/mol. The van der Waals surface area contributed by atoms with E-state index in [1.54, 1.807) is 24.3 Å². The van der Waals surface area contributed by atoms with Gasteiger partial charge in [0.2, 0.25) is 5.91 Å². The Morgan fingerprint density at radius 1 is 1.24 bits per heavy atom. The molecule has 130 valence electrons. The topological polar surface area (TPSA) is 97.1 Å². The quantitative estimate of drug-likeness (QED) is 0.730. The van der Waals surface area contributed by atoms with Crippen molar-refractivity contribution < 1.29 is 14.1 Å². The number of aromatic nitrogens is 2. The van der Waals surface area contributed by atoms with Gasteiger partial charge in [0.1, 0.15) is 0 Å². The highest BCUT2D eigenvalue weighted by Crippen LogP contribution is 2.30. The predicted octanol–water partition coefficient (Wildman–Crippen LogP) is 2.43. The van der Waals surface area contributed by atoms with Crippen LogP contribution >= 0.6 is 11.3 Å². The zero-order chi connectivity index (χ0) is 18.0. The number of carbonyl (C=O) groups excluding carboxylic acids is 2. The summed E-state index contributed by atoms with van der Waals surface area (Å²) in [6.07, 6.45) is 0. The van der Waals surface area contributed by atoms with Crippen molar-refractivity contribution in [3.8, 4) is 10.6 Å². The van der Waals surface area contributed by atoms with E-state index in [4.69, 9.17) is 4.52 Å². The molecule has 0 aromatic carbocycles. The van der Waals surface area contributed by atoms with Crippen molar-refractivity contribution in [1.29, 1.82) is 0 Å². The Morgan fingerprint density at radius 3 is 2.72 bits per heavy atom. The van der Waals surface area contributed by atoms with Crippen LogP contribution in [0.1, 0.15) is 27.9 Å². The number of fused-ring (bicyclic) bond motifs is 1. The Labute approximate surface area is 148 Å². The van der Waals surface area contributed by atoms with Crippen molar-refractivity contribution in [3.05, 3.63) is 34.3 Å². The fraction of sp³-hybridized carbons (Fsp3) is 0.294. The zero-order valence-electron chi connectivity index (χ0n) is 14.2. The van der Waals surface area contributed by atoms with Gasteiger partial charge < -0.3 is 15.2 Å². The van der Waals surface area contributed by atoms with Crippen LogP contribution in [0.4, 0.5) is 0 Å². The van der Waals surface area contributed by atoms with Crippen LogP contribution in [0.25, 0.3) is 21.7 Å². The molecule has 0 fully saturated rings. The molecule has 0 aliphatic carbocycles. The van der Waals surface area contributed by atoms with Crippen LogP contribution in [0.3, 0.4) is 0 Å². The number of hydrogen-bond acceptors (Lipinski definition) is 6. The smallest absolute Gasteiger partial charge is 0.259 e. The van der Waals surface area contributed by atoms with Crippen molar-refractivity contribution in [1.82, 2.24) is 20.8 Å². The lowest BCUT2D eigenvalue weighted by Gasteiger charge is -2.07. The average molecular weight is 358 g/mol. The van der Waals surface area contributed by atoms with Crippen LogP contribution in [0.2, 0.25) is 0 Å². The average Bonchev–Trinajstić information content (AvgIpc) is 3.18. The number of amides is 2. The zero-order valence-corrected chi connectivity index (χ0v) is 15.0. The second-order valence-corrected chi connectivity index (χ2v) is 6.84. The van der Waals surface area contributed by atoms with Crippen LogP contribution in [0, 0.1) is 13.8 Å². The van der Waals surface area contributed by atoms with E-state index in [-0.39, 0.29) is 18.4 Å². The first-order valence-electron chi connectivity index (χ1n) is 7.88. The molecule has 3 aromatic heterocycles. The molecule has 0 aliphatic rings. The molecule has 3 heterocycles. The molecule has 0 saturated carbocycles. The van der Waals surface area contributed by atoms with E-state index in [0.717, 1.165) is 9.75 Å².